The average Bonchev–Trinajstić information content (AvgIpc) is 2.80. The monoisotopic (exact) mass is 316 g/mol. The summed E-state index contributed by atoms with van der Waals surface area (Å²) in [5, 5.41) is 13.1. The molecular weight excluding hydrogens is 296 g/mol. The van der Waals surface area contributed by atoms with Crippen LogP contribution in [-0.2, 0) is 11.2 Å². The van der Waals surface area contributed by atoms with E-state index in [1.165, 1.54) is 11.1 Å². The zero-order valence-electron chi connectivity index (χ0n) is 13.0. The van der Waals surface area contributed by atoms with Crippen LogP contribution in [0, 0.1) is 13.8 Å². The lowest BCUT2D eigenvalue weighted by molar-refractivity contribution is -0.119. The van der Waals surface area contributed by atoms with E-state index in [4.69, 9.17) is 12.2 Å². The highest BCUT2D eigenvalue weighted by Gasteiger charge is 2.07. The van der Waals surface area contributed by atoms with Crippen molar-refractivity contribution in [2.45, 2.75) is 33.6 Å². The molecule has 0 bridgehead atoms. The van der Waals surface area contributed by atoms with Crippen molar-refractivity contribution in [2.24, 2.45) is 0 Å². The summed E-state index contributed by atoms with van der Waals surface area (Å²) in [5.41, 5.74) is 5.41. The molecule has 0 fully saturated rings. The third kappa shape index (κ3) is 4.14. The molecule has 0 aliphatic carbocycles. The Kier molecular flexibility index (Phi) is 5.27. The minimum absolute atomic E-state index is 0.0972. The van der Waals surface area contributed by atoms with Gasteiger partial charge in [0.25, 0.3) is 0 Å². The zero-order valence-corrected chi connectivity index (χ0v) is 13.8. The summed E-state index contributed by atoms with van der Waals surface area (Å²) >= 11 is 5.08. The number of carbonyl (C=O) groups is 1. The number of carbonyl (C=O) groups excluding carboxylic acids is 1. The van der Waals surface area contributed by atoms with Crippen LogP contribution in [0.2, 0.25) is 0 Å². The highest BCUT2D eigenvalue weighted by molar-refractivity contribution is 7.80. The second-order valence-corrected chi connectivity index (χ2v) is 5.55. The molecule has 6 heteroatoms. The van der Waals surface area contributed by atoms with Gasteiger partial charge in [-0.15, -0.1) is 0 Å². The van der Waals surface area contributed by atoms with Gasteiger partial charge in [-0.3, -0.25) is 9.89 Å². The van der Waals surface area contributed by atoms with Crippen LogP contribution in [0.5, 0.6) is 0 Å². The van der Waals surface area contributed by atoms with E-state index in [1.807, 2.05) is 38.1 Å². The van der Waals surface area contributed by atoms with Gasteiger partial charge in [-0.2, -0.15) is 5.10 Å². The minimum Gasteiger partial charge on any atom is -0.332 e. The quantitative estimate of drug-likeness (QED) is 0.759. The number of amides is 1. The number of benzene rings is 1. The predicted octanol–water partition coefficient (Wildman–Crippen LogP) is 2.84. The molecule has 22 heavy (non-hydrogen) atoms. The Balaban J connectivity index is 1.99. The number of H-pyrrole nitrogens is 1. The van der Waals surface area contributed by atoms with Crippen molar-refractivity contribution in [1.82, 2.24) is 15.5 Å². The lowest BCUT2D eigenvalue weighted by atomic mass is 10.0. The summed E-state index contributed by atoms with van der Waals surface area (Å²) < 4.78 is 0. The van der Waals surface area contributed by atoms with E-state index in [0.717, 1.165) is 23.5 Å². The highest BCUT2D eigenvalue weighted by Crippen LogP contribution is 2.17. The van der Waals surface area contributed by atoms with Crippen molar-refractivity contribution < 1.29 is 4.79 Å². The normalized spacial score (nSPS) is 10.3. The smallest absolute Gasteiger partial charge is 0.225 e. The van der Waals surface area contributed by atoms with Crippen molar-refractivity contribution in [3.63, 3.8) is 0 Å². The molecule has 3 N–H and O–H groups in total. The van der Waals surface area contributed by atoms with E-state index < -0.39 is 0 Å². The molecule has 1 heterocycles. The lowest BCUT2D eigenvalue weighted by Gasteiger charge is -2.09. The number of nitrogens with zero attached hydrogens (tertiary/aromatic N) is 1. The largest absolute Gasteiger partial charge is 0.332 e. The molecule has 0 spiro atoms. The van der Waals surface area contributed by atoms with Crippen molar-refractivity contribution in [1.29, 1.82) is 0 Å². The average molecular weight is 316 g/mol. The molecule has 1 aromatic carbocycles. The minimum atomic E-state index is -0.0972. The Morgan fingerprint density at radius 3 is 2.50 bits per heavy atom. The summed E-state index contributed by atoms with van der Waals surface area (Å²) in [6, 6.07) is 7.98. The molecule has 0 unspecified atom stereocenters. The predicted molar refractivity (Wildman–Crippen MR) is 92.0 cm³/mol. The number of hydrogen-bond donors (Lipinski definition) is 3. The van der Waals surface area contributed by atoms with Crippen molar-refractivity contribution in [3.8, 4) is 0 Å². The van der Waals surface area contributed by atoms with Gasteiger partial charge in [0, 0.05) is 29.8 Å². The molecule has 116 valence electrons. The number of hydrogen-bond acceptors (Lipinski definition) is 3. The van der Waals surface area contributed by atoms with Crippen LogP contribution in [0.15, 0.2) is 24.3 Å². The number of aromatic amines is 1. The fraction of sp³-hybridized carbons (Fsp3) is 0.312. The third-order valence-corrected chi connectivity index (χ3v) is 3.65. The summed E-state index contributed by atoms with van der Waals surface area (Å²) in [6.45, 7) is 5.82. The molecule has 1 aromatic heterocycles. The molecule has 5 nitrogen and oxygen atoms in total. The van der Waals surface area contributed by atoms with E-state index in [0.29, 0.717) is 11.5 Å². The molecule has 0 aliphatic rings. The van der Waals surface area contributed by atoms with Crippen molar-refractivity contribution >= 4 is 28.9 Å². The van der Waals surface area contributed by atoms with E-state index in [1.54, 1.807) is 6.92 Å². The first-order valence-electron chi connectivity index (χ1n) is 7.19. The fourth-order valence-electron chi connectivity index (χ4n) is 2.12. The van der Waals surface area contributed by atoms with Gasteiger partial charge in [0.2, 0.25) is 5.91 Å². The molecule has 2 rings (SSSR count). The number of aromatic nitrogens is 2. The lowest BCUT2D eigenvalue weighted by Crippen LogP contribution is -2.33. The maximum Gasteiger partial charge on any atom is 0.225 e. The van der Waals surface area contributed by atoms with Crippen LogP contribution in [0.3, 0.4) is 0 Å². The molecule has 0 atom stereocenters. The van der Waals surface area contributed by atoms with Crippen LogP contribution in [0.4, 0.5) is 5.69 Å². The number of rotatable bonds is 4. The standard InChI is InChI=1S/C16H20N4OS/c1-4-15(21)18-16(22)17-13-7-5-12(6-8-13)9-14-10(2)19-20-11(14)3/h5-8H,4,9H2,1-3H3,(H,19,20)(H2,17,18,21,22). The first-order valence-corrected chi connectivity index (χ1v) is 7.60. The van der Waals surface area contributed by atoms with Gasteiger partial charge < -0.3 is 10.6 Å². The molecule has 0 saturated carbocycles. The van der Waals surface area contributed by atoms with Crippen LogP contribution in [-0.4, -0.2) is 21.2 Å². The van der Waals surface area contributed by atoms with Crippen LogP contribution in [0.25, 0.3) is 0 Å². The Hall–Kier alpha value is -2.21. The maximum absolute atomic E-state index is 11.3. The molecule has 1 amide bonds. The summed E-state index contributed by atoms with van der Waals surface area (Å²) in [5.74, 6) is -0.0972. The van der Waals surface area contributed by atoms with Gasteiger partial charge in [-0.05, 0) is 43.8 Å². The van der Waals surface area contributed by atoms with Gasteiger partial charge >= 0.3 is 0 Å². The number of nitrogens with one attached hydrogen (secondary N) is 3. The van der Waals surface area contributed by atoms with Gasteiger partial charge in [0.15, 0.2) is 5.11 Å². The topological polar surface area (TPSA) is 69.8 Å². The summed E-state index contributed by atoms with van der Waals surface area (Å²) in [7, 11) is 0. The Morgan fingerprint density at radius 2 is 1.95 bits per heavy atom. The first-order chi connectivity index (χ1) is 10.5. The van der Waals surface area contributed by atoms with Gasteiger partial charge in [-0.1, -0.05) is 19.1 Å². The van der Waals surface area contributed by atoms with E-state index in [-0.39, 0.29) is 5.91 Å². The SMILES string of the molecule is CCC(=O)NC(=S)Nc1ccc(Cc2c(C)n[nH]c2C)cc1. The number of aryl methyl sites for hydroxylation is 2. The molecular formula is C16H20N4OS. The Bertz CT molecular complexity index is 656. The van der Waals surface area contributed by atoms with E-state index in [2.05, 4.69) is 20.8 Å². The number of anilines is 1. The third-order valence-electron chi connectivity index (χ3n) is 3.45. The van der Waals surface area contributed by atoms with Crippen LogP contribution < -0.4 is 10.6 Å². The van der Waals surface area contributed by atoms with Gasteiger partial charge in [0.05, 0.1) is 5.69 Å². The first kappa shape index (κ1) is 16.2. The van der Waals surface area contributed by atoms with Crippen LogP contribution in [0.1, 0.15) is 35.9 Å². The molecule has 0 aliphatic heterocycles. The number of thiocarbonyl (C=S) groups is 1. The second kappa shape index (κ2) is 7.17. The Morgan fingerprint density at radius 1 is 1.27 bits per heavy atom. The zero-order chi connectivity index (χ0) is 16.1. The fourth-order valence-corrected chi connectivity index (χ4v) is 2.35. The molecule has 0 radical (unpaired) electrons. The molecule has 2 aromatic rings. The van der Waals surface area contributed by atoms with Crippen LogP contribution >= 0.6 is 12.2 Å². The highest BCUT2D eigenvalue weighted by atomic mass is 32.1. The van der Waals surface area contributed by atoms with Crippen molar-refractivity contribution in [3.05, 3.63) is 46.8 Å². The summed E-state index contributed by atoms with van der Waals surface area (Å²) in [4.78, 5) is 11.3. The van der Waals surface area contributed by atoms with E-state index in [9.17, 15) is 4.79 Å². The van der Waals surface area contributed by atoms with E-state index >= 15 is 0 Å². The molecule has 0 saturated heterocycles. The Labute approximate surface area is 135 Å². The summed E-state index contributed by atoms with van der Waals surface area (Å²) in [6.07, 6.45) is 1.25. The maximum atomic E-state index is 11.3. The second-order valence-electron chi connectivity index (χ2n) is 5.14. The van der Waals surface area contributed by atoms with Gasteiger partial charge in [0.1, 0.15) is 0 Å². The van der Waals surface area contributed by atoms with Crippen molar-refractivity contribution in [2.75, 3.05) is 5.32 Å². The van der Waals surface area contributed by atoms with Gasteiger partial charge in [-0.25, -0.2) is 0 Å².